The SMILES string of the molecule is CC(CNc1ccccc1)N(C)CC1CCC1. The number of benzene rings is 1. The first-order valence-corrected chi connectivity index (χ1v) is 6.75. The van der Waals surface area contributed by atoms with Gasteiger partial charge in [0.1, 0.15) is 0 Å². The maximum absolute atomic E-state index is 3.49. The van der Waals surface area contributed by atoms with Crippen molar-refractivity contribution in [3.63, 3.8) is 0 Å². The molecule has 94 valence electrons. The van der Waals surface area contributed by atoms with Crippen molar-refractivity contribution < 1.29 is 0 Å². The molecule has 0 aliphatic heterocycles. The monoisotopic (exact) mass is 232 g/mol. The van der Waals surface area contributed by atoms with Crippen LogP contribution in [0.4, 0.5) is 5.69 Å². The van der Waals surface area contributed by atoms with Crippen LogP contribution >= 0.6 is 0 Å². The number of anilines is 1. The number of hydrogen-bond acceptors (Lipinski definition) is 2. The van der Waals surface area contributed by atoms with Crippen molar-refractivity contribution in [2.75, 3.05) is 25.5 Å². The molecule has 1 aliphatic rings. The number of rotatable bonds is 6. The molecular formula is C15H24N2. The number of nitrogens with one attached hydrogen (secondary N) is 1. The summed E-state index contributed by atoms with van der Waals surface area (Å²) < 4.78 is 0. The normalized spacial score (nSPS) is 17.8. The molecule has 0 radical (unpaired) electrons. The lowest BCUT2D eigenvalue weighted by Crippen LogP contribution is -2.39. The van der Waals surface area contributed by atoms with Crippen molar-refractivity contribution in [2.45, 2.75) is 32.2 Å². The second-order valence-electron chi connectivity index (χ2n) is 5.33. The lowest BCUT2D eigenvalue weighted by atomic mass is 9.85. The van der Waals surface area contributed by atoms with E-state index >= 15 is 0 Å². The van der Waals surface area contributed by atoms with Gasteiger partial charge in [0, 0.05) is 24.8 Å². The molecule has 1 aromatic rings. The van der Waals surface area contributed by atoms with Crippen LogP contribution in [0.1, 0.15) is 26.2 Å². The van der Waals surface area contributed by atoms with Crippen LogP contribution in [0.15, 0.2) is 30.3 Å². The van der Waals surface area contributed by atoms with Crippen molar-refractivity contribution in [3.8, 4) is 0 Å². The van der Waals surface area contributed by atoms with Crippen LogP contribution in [-0.2, 0) is 0 Å². The van der Waals surface area contributed by atoms with Crippen LogP contribution in [0.2, 0.25) is 0 Å². The molecule has 0 amide bonds. The van der Waals surface area contributed by atoms with Gasteiger partial charge in [0.15, 0.2) is 0 Å². The summed E-state index contributed by atoms with van der Waals surface area (Å²) in [6, 6.07) is 11.0. The predicted octanol–water partition coefficient (Wildman–Crippen LogP) is 3.22. The minimum absolute atomic E-state index is 0.593. The summed E-state index contributed by atoms with van der Waals surface area (Å²) in [5.41, 5.74) is 1.22. The quantitative estimate of drug-likeness (QED) is 0.810. The Morgan fingerprint density at radius 1 is 1.29 bits per heavy atom. The van der Waals surface area contributed by atoms with E-state index in [1.807, 2.05) is 0 Å². The molecule has 1 N–H and O–H groups in total. The van der Waals surface area contributed by atoms with Crippen LogP contribution in [-0.4, -0.2) is 31.1 Å². The van der Waals surface area contributed by atoms with E-state index in [1.165, 1.54) is 31.5 Å². The summed E-state index contributed by atoms with van der Waals surface area (Å²) in [5, 5.41) is 3.49. The van der Waals surface area contributed by atoms with Gasteiger partial charge in [0.05, 0.1) is 0 Å². The molecule has 2 heteroatoms. The number of para-hydroxylation sites is 1. The van der Waals surface area contributed by atoms with Gasteiger partial charge >= 0.3 is 0 Å². The predicted molar refractivity (Wildman–Crippen MR) is 74.4 cm³/mol. The van der Waals surface area contributed by atoms with Gasteiger partial charge in [-0.3, -0.25) is 0 Å². The Labute approximate surface area is 105 Å². The maximum atomic E-state index is 3.49. The average molecular weight is 232 g/mol. The van der Waals surface area contributed by atoms with Crippen molar-refractivity contribution in [1.82, 2.24) is 4.90 Å². The fourth-order valence-electron chi connectivity index (χ4n) is 2.24. The van der Waals surface area contributed by atoms with Gasteiger partial charge in [-0.1, -0.05) is 24.6 Å². The zero-order chi connectivity index (χ0) is 12.1. The molecular weight excluding hydrogens is 208 g/mol. The topological polar surface area (TPSA) is 15.3 Å². The Morgan fingerprint density at radius 2 is 2.00 bits per heavy atom. The van der Waals surface area contributed by atoms with Gasteiger partial charge in [-0.05, 0) is 44.9 Å². The Hall–Kier alpha value is -1.02. The van der Waals surface area contributed by atoms with E-state index in [2.05, 4.69) is 54.5 Å². The highest BCUT2D eigenvalue weighted by atomic mass is 15.1. The van der Waals surface area contributed by atoms with Gasteiger partial charge in [0.2, 0.25) is 0 Å². The van der Waals surface area contributed by atoms with Gasteiger partial charge < -0.3 is 10.2 Å². The second-order valence-corrected chi connectivity index (χ2v) is 5.33. The van der Waals surface area contributed by atoms with Crippen LogP contribution in [0.5, 0.6) is 0 Å². The van der Waals surface area contributed by atoms with E-state index < -0.39 is 0 Å². The molecule has 2 rings (SSSR count). The molecule has 1 unspecified atom stereocenters. The van der Waals surface area contributed by atoms with E-state index in [-0.39, 0.29) is 0 Å². The summed E-state index contributed by atoms with van der Waals surface area (Å²) in [6.07, 6.45) is 4.31. The minimum Gasteiger partial charge on any atom is -0.383 e. The summed E-state index contributed by atoms with van der Waals surface area (Å²) in [6.45, 7) is 4.58. The number of hydrogen-bond donors (Lipinski definition) is 1. The van der Waals surface area contributed by atoms with Gasteiger partial charge in [-0.25, -0.2) is 0 Å². The second kappa shape index (κ2) is 6.06. The van der Waals surface area contributed by atoms with Crippen molar-refractivity contribution in [1.29, 1.82) is 0 Å². The van der Waals surface area contributed by atoms with Gasteiger partial charge in [0.25, 0.3) is 0 Å². The van der Waals surface area contributed by atoms with Crippen LogP contribution in [0, 0.1) is 5.92 Å². The smallest absolute Gasteiger partial charge is 0.0340 e. The van der Waals surface area contributed by atoms with Crippen LogP contribution in [0.3, 0.4) is 0 Å². The first kappa shape index (κ1) is 12.4. The van der Waals surface area contributed by atoms with Crippen LogP contribution in [0.25, 0.3) is 0 Å². The largest absolute Gasteiger partial charge is 0.383 e. The Balaban J connectivity index is 1.70. The zero-order valence-electron chi connectivity index (χ0n) is 11.0. The molecule has 1 saturated carbocycles. The van der Waals surface area contributed by atoms with E-state index in [0.29, 0.717) is 6.04 Å². The first-order chi connectivity index (χ1) is 8.25. The van der Waals surface area contributed by atoms with Crippen molar-refractivity contribution >= 4 is 5.69 Å². The summed E-state index contributed by atoms with van der Waals surface area (Å²) >= 11 is 0. The maximum Gasteiger partial charge on any atom is 0.0340 e. The molecule has 1 aromatic carbocycles. The summed E-state index contributed by atoms with van der Waals surface area (Å²) in [7, 11) is 2.25. The third kappa shape index (κ3) is 3.74. The molecule has 1 aliphatic carbocycles. The lowest BCUT2D eigenvalue weighted by molar-refractivity contribution is 0.174. The molecule has 1 atom stereocenters. The fourth-order valence-corrected chi connectivity index (χ4v) is 2.24. The molecule has 1 fully saturated rings. The minimum atomic E-state index is 0.593. The molecule has 0 bridgehead atoms. The standard InChI is InChI=1S/C15H24N2/c1-13(17(2)12-14-7-6-8-14)11-16-15-9-4-3-5-10-15/h3-5,9-10,13-14,16H,6-8,11-12H2,1-2H3. The zero-order valence-corrected chi connectivity index (χ0v) is 11.0. The van der Waals surface area contributed by atoms with Crippen molar-refractivity contribution in [2.24, 2.45) is 5.92 Å². The Kier molecular flexibility index (Phi) is 4.43. The van der Waals surface area contributed by atoms with E-state index in [0.717, 1.165) is 12.5 Å². The highest BCUT2D eigenvalue weighted by molar-refractivity contribution is 5.42. The Morgan fingerprint density at radius 3 is 2.59 bits per heavy atom. The highest BCUT2D eigenvalue weighted by Gasteiger charge is 2.20. The first-order valence-electron chi connectivity index (χ1n) is 6.75. The number of nitrogens with zero attached hydrogens (tertiary/aromatic N) is 1. The molecule has 0 heterocycles. The molecule has 0 spiro atoms. The summed E-state index contributed by atoms with van der Waals surface area (Å²) in [5.74, 6) is 0.958. The summed E-state index contributed by atoms with van der Waals surface area (Å²) in [4.78, 5) is 2.49. The van der Waals surface area contributed by atoms with Crippen molar-refractivity contribution in [3.05, 3.63) is 30.3 Å². The average Bonchev–Trinajstić information content (AvgIpc) is 2.32. The van der Waals surface area contributed by atoms with Gasteiger partial charge in [-0.2, -0.15) is 0 Å². The third-order valence-electron chi connectivity index (χ3n) is 3.90. The highest BCUT2D eigenvalue weighted by Crippen LogP contribution is 2.27. The third-order valence-corrected chi connectivity index (χ3v) is 3.90. The molecule has 0 aromatic heterocycles. The van der Waals surface area contributed by atoms with Crippen LogP contribution < -0.4 is 5.32 Å². The molecule has 0 saturated heterocycles. The fraction of sp³-hybridized carbons (Fsp3) is 0.600. The Bertz CT molecular complexity index is 319. The van der Waals surface area contributed by atoms with E-state index in [1.54, 1.807) is 0 Å². The van der Waals surface area contributed by atoms with E-state index in [9.17, 15) is 0 Å². The molecule has 17 heavy (non-hydrogen) atoms. The molecule has 2 nitrogen and oxygen atoms in total. The lowest BCUT2D eigenvalue weighted by Gasteiger charge is -2.33. The van der Waals surface area contributed by atoms with E-state index in [4.69, 9.17) is 0 Å². The van der Waals surface area contributed by atoms with Gasteiger partial charge in [-0.15, -0.1) is 0 Å². The number of likely N-dealkylation sites (N-methyl/N-ethyl adjacent to an activating group) is 1.